The Morgan fingerprint density at radius 1 is 1.30 bits per heavy atom. The fraction of sp³-hybridized carbons (Fsp3) is 0.125. The van der Waals surface area contributed by atoms with Crippen molar-refractivity contribution in [1.29, 1.82) is 0 Å². The van der Waals surface area contributed by atoms with Crippen LogP contribution >= 0.6 is 0 Å². The smallest absolute Gasteiger partial charge is 0.338 e. The minimum Gasteiger partial charge on any atom is -0.456 e. The average Bonchev–Trinajstić information content (AvgIpc) is 2.97. The van der Waals surface area contributed by atoms with Crippen LogP contribution < -0.4 is 0 Å². The van der Waals surface area contributed by atoms with E-state index in [2.05, 4.69) is 4.98 Å². The maximum absolute atomic E-state index is 12.0. The molecule has 0 saturated heterocycles. The summed E-state index contributed by atoms with van der Waals surface area (Å²) >= 11 is 0. The number of fused-ring (bicyclic) bond motifs is 1. The maximum atomic E-state index is 12.0. The van der Waals surface area contributed by atoms with E-state index in [1.54, 1.807) is 6.20 Å². The molecule has 0 saturated carbocycles. The fourth-order valence-corrected chi connectivity index (χ4v) is 2.22. The highest BCUT2D eigenvalue weighted by Gasteiger charge is 2.12. The number of benzene rings is 1. The molecule has 0 spiro atoms. The van der Waals surface area contributed by atoms with E-state index >= 15 is 0 Å². The van der Waals surface area contributed by atoms with E-state index in [4.69, 9.17) is 4.74 Å². The summed E-state index contributed by atoms with van der Waals surface area (Å²) in [4.78, 5) is 26.4. The Bertz CT molecular complexity index is 884. The van der Waals surface area contributed by atoms with Crippen LogP contribution in [0.2, 0.25) is 0 Å². The number of esters is 1. The van der Waals surface area contributed by atoms with Crippen LogP contribution in [0.1, 0.15) is 21.6 Å². The van der Waals surface area contributed by atoms with Crippen molar-refractivity contribution in [2.24, 2.45) is 0 Å². The number of hydrogen-bond donors (Lipinski definition) is 0. The van der Waals surface area contributed by atoms with Crippen molar-refractivity contribution in [2.75, 3.05) is 0 Å². The predicted octanol–water partition coefficient (Wildman–Crippen LogP) is 2.91. The topological polar surface area (TPSA) is 86.7 Å². The van der Waals surface area contributed by atoms with Crippen LogP contribution in [0.25, 0.3) is 5.65 Å². The zero-order chi connectivity index (χ0) is 16.4. The Hall–Kier alpha value is -3.22. The molecule has 0 N–H and O–H groups in total. The molecule has 0 fully saturated rings. The first-order valence-corrected chi connectivity index (χ1v) is 6.89. The number of ether oxygens (including phenoxy) is 1. The van der Waals surface area contributed by atoms with Gasteiger partial charge in [0.1, 0.15) is 12.3 Å². The van der Waals surface area contributed by atoms with Gasteiger partial charge in [-0.15, -0.1) is 0 Å². The van der Waals surface area contributed by atoms with E-state index < -0.39 is 10.9 Å². The van der Waals surface area contributed by atoms with Gasteiger partial charge < -0.3 is 9.14 Å². The molecular weight excluding hydrogens is 298 g/mol. The van der Waals surface area contributed by atoms with Gasteiger partial charge in [-0.3, -0.25) is 10.1 Å². The van der Waals surface area contributed by atoms with Gasteiger partial charge in [0, 0.05) is 24.5 Å². The van der Waals surface area contributed by atoms with Crippen molar-refractivity contribution in [2.45, 2.75) is 13.5 Å². The number of nitro benzene ring substituents is 1. The minimum absolute atomic E-state index is 0.0386. The van der Waals surface area contributed by atoms with Crippen LogP contribution in [0, 0.1) is 17.0 Å². The zero-order valence-electron chi connectivity index (χ0n) is 12.3. The molecule has 7 heteroatoms. The molecule has 0 aliphatic heterocycles. The van der Waals surface area contributed by atoms with E-state index in [0.29, 0.717) is 5.69 Å². The molecule has 1 aromatic carbocycles. The molecule has 0 unspecified atom stereocenters. The van der Waals surface area contributed by atoms with E-state index in [0.717, 1.165) is 11.2 Å². The van der Waals surface area contributed by atoms with Gasteiger partial charge in [-0.2, -0.15) is 0 Å². The third kappa shape index (κ3) is 3.03. The Morgan fingerprint density at radius 2 is 2.04 bits per heavy atom. The largest absolute Gasteiger partial charge is 0.456 e. The van der Waals surface area contributed by atoms with Gasteiger partial charge >= 0.3 is 5.97 Å². The number of carbonyl (C=O) groups is 1. The van der Waals surface area contributed by atoms with Crippen molar-refractivity contribution in [3.05, 3.63) is 75.7 Å². The highest BCUT2D eigenvalue weighted by molar-refractivity contribution is 5.89. The summed E-state index contributed by atoms with van der Waals surface area (Å²) < 4.78 is 7.06. The van der Waals surface area contributed by atoms with Gasteiger partial charge in [-0.1, -0.05) is 6.07 Å². The molecule has 0 bridgehead atoms. The third-order valence-corrected chi connectivity index (χ3v) is 3.39. The van der Waals surface area contributed by atoms with Gasteiger partial charge in [-0.25, -0.2) is 9.78 Å². The quantitative estimate of drug-likeness (QED) is 0.420. The number of non-ortho nitro benzene ring substituents is 1. The fourth-order valence-electron chi connectivity index (χ4n) is 2.22. The standard InChI is InChI=1S/C16H13N3O4/c1-11-3-2-8-18-9-13(17-15(11)18)10-23-16(20)12-4-6-14(7-5-12)19(21)22/h2-9H,10H2,1H3. The van der Waals surface area contributed by atoms with Crippen LogP contribution in [0.5, 0.6) is 0 Å². The van der Waals surface area contributed by atoms with Crippen LogP contribution in [0.4, 0.5) is 5.69 Å². The molecule has 0 aliphatic rings. The Balaban J connectivity index is 1.70. The number of rotatable bonds is 4. The van der Waals surface area contributed by atoms with Crippen LogP contribution in [0.3, 0.4) is 0 Å². The molecule has 2 aromatic heterocycles. The number of hydrogen-bond acceptors (Lipinski definition) is 5. The molecule has 116 valence electrons. The Morgan fingerprint density at radius 3 is 2.70 bits per heavy atom. The Labute approximate surface area is 131 Å². The summed E-state index contributed by atoms with van der Waals surface area (Å²) in [6.07, 6.45) is 3.67. The van der Waals surface area contributed by atoms with Gasteiger partial charge in [0.05, 0.1) is 16.2 Å². The summed E-state index contributed by atoms with van der Waals surface area (Å²) in [5.74, 6) is -0.548. The zero-order valence-corrected chi connectivity index (χ0v) is 12.3. The number of pyridine rings is 1. The second kappa shape index (κ2) is 5.88. The monoisotopic (exact) mass is 311 g/mol. The number of carbonyl (C=O) groups excluding carboxylic acids is 1. The lowest BCUT2D eigenvalue weighted by Gasteiger charge is -2.02. The average molecular weight is 311 g/mol. The highest BCUT2D eigenvalue weighted by atomic mass is 16.6. The van der Waals surface area contributed by atoms with Gasteiger partial charge in [-0.05, 0) is 30.7 Å². The summed E-state index contributed by atoms with van der Waals surface area (Å²) in [5, 5.41) is 10.6. The minimum atomic E-state index is -0.548. The van der Waals surface area contributed by atoms with E-state index in [9.17, 15) is 14.9 Å². The van der Waals surface area contributed by atoms with Crippen molar-refractivity contribution in [3.63, 3.8) is 0 Å². The maximum Gasteiger partial charge on any atom is 0.338 e. The van der Waals surface area contributed by atoms with Crippen LogP contribution in [-0.4, -0.2) is 20.3 Å². The molecule has 3 aromatic rings. The summed E-state index contributed by atoms with van der Waals surface area (Å²) in [7, 11) is 0. The second-order valence-corrected chi connectivity index (χ2v) is 5.03. The number of aromatic nitrogens is 2. The van der Waals surface area contributed by atoms with Crippen LogP contribution in [-0.2, 0) is 11.3 Å². The van der Waals surface area contributed by atoms with Crippen LogP contribution in [0.15, 0.2) is 48.8 Å². The molecule has 0 aliphatic carbocycles. The normalized spacial score (nSPS) is 10.7. The Kier molecular flexibility index (Phi) is 3.76. The second-order valence-electron chi connectivity index (χ2n) is 5.03. The SMILES string of the molecule is Cc1cccn2cc(COC(=O)c3ccc([N+](=O)[O-])cc3)nc12. The van der Waals surface area contributed by atoms with Gasteiger partial charge in [0.15, 0.2) is 0 Å². The first kappa shape index (κ1) is 14.7. The molecule has 3 rings (SSSR count). The lowest BCUT2D eigenvalue weighted by Crippen LogP contribution is -2.05. The first-order valence-electron chi connectivity index (χ1n) is 6.89. The van der Waals surface area contributed by atoms with Gasteiger partial charge in [0.25, 0.3) is 5.69 Å². The number of nitrogens with zero attached hydrogens (tertiary/aromatic N) is 3. The molecule has 0 radical (unpaired) electrons. The lowest BCUT2D eigenvalue weighted by molar-refractivity contribution is -0.384. The highest BCUT2D eigenvalue weighted by Crippen LogP contribution is 2.14. The number of imidazole rings is 1. The van der Waals surface area contributed by atoms with Crippen molar-refractivity contribution < 1.29 is 14.5 Å². The summed E-state index contributed by atoms with van der Waals surface area (Å²) in [6, 6.07) is 9.14. The van der Waals surface area contributed by atoms with Crippen molar-refractivity contribution >= 4 is 17.3 Å². The molecular formula is C16H13N3O4. The van der Waals surface area contributed by atoms with E-state index in [-0.39, 0.29) is 17.9 Å². The molecule has 7 nitrogen and oxygen atoms in total. The van der Waals surface area contributed by atoms with E-state index in [1.807, 2.05) is 29.7 Å². The molecule has 0 amide bonds. The predicted molar refractivity (Wildman–Crippen MR) is 82.1 cm³/mol. The first-order chi connectivity index (χ1) is 11.0. The number of aryl methyl sites for hydroxylation is 1. The lowest BCUT2D eigenvalue weighted by atomic mass is 10.2. The van der Waals surface area contributed by atoms with Crippen molar-refractivity contribution in [3.8, 4) is 0 Å². The van der Waals surface area contributed by atoms with E-state index in [1.165, 1.54) is 24.3 Å². The molecule has 0 atom stereocenters. The summed E-state index contributed by atoms with van der Waals surface area (Å²) in [5.41, 5.74) is 2.66. The summed E-state index contributed by atoms with van der Waals surface area (Å²) in [6.45, 7) is 1.99. The molecule has 2 heterocycles. The number of nitro groups is 1. The third-order valence-electron chi connectivity index (χ3n) is 3.39. The van der Waals surface area contributed by atoms with Gasteiger partial charge in [0.2, 0.25) is 0 Å². The van der Waals surface area contributed by atoms with Crippen molar-refractivity contribution in [1.82, 2.24) is 9.38 Å². The molecule has 23 heavy (non-hydrogen) atoms.